The van der Waals surface area contributed by atoms with Crippen molar-refractivity contribution < 1.29 is 17.9 Å². The van der Waals surface area contributed by atoms with Crippen molar-refractivity contribution in [1.82, 2.24) is 13.6 Å². The predicted octanol–water partition coefficient (Wildman–Crippen LogP) is 0.819. The molecule has 0 unspecified atom stereocenters. The van der Waals surface area contributed by atoms with Crippen LogP contribution in [0, 0.1) is 0 Å². The maximum atomic E-state index is 13.0. The van der Waals surface area contributed by atoms with Gasteiger partial charge in [0, 0.05) is 32.4 Å². The molecule has 0 amide bonds. The Labute approximate surface area is 136 Å². The van der Waals surface area contributed by atoms with Gasteiger partial charge in [0.25, 0.3) is 6.47 Å². The van der Waals surface area contributed by atoms with Crippen LogP contribution in [0.4, 0.5) is 0 Å². The summed E-state index contributed by atoms with van der Waals surface area (Å²) in [7, 11) is -3.64. The van der Waals surface area contributed by atoms with E-state index in [1.54, 1.807) is 18.3 Å². The standard InChI is InChI=1S/C15H23N3O4S/c19-13-22-15(6-2-1-3-7-15)14-5-4-10-18(14)23(20,21)17-11-8-16-9-12-17/h4-5,10,13,16H,1-3,6-9,11-12H2. The number of nitrogens with one attached hydrogen (secondary N) is 1. The highest BCUT2D eigenvalue weighted by atomic mass is 32.2. The summed E-state index contributed by atoms with van der Waals surface area (Å²) in [5.41, 5.74) is -0.271. The molecule has 128 valence electrons. The zero-order chi connectivity index (χ0) is 16.3. The van der Waals surface area contributed by atoms with Gasteiger partial charge in [-0.15, -0.1) is 0 Å². The fraction of sp³-hybridized carbons (Fsp3) is 0.667. The Morgan fingerprint density at radius 2 is 1.87 bits per heavy atom. The summed E-state index contributed by atoms with van der Waals surface area (Å²) in [5.74, 6) is 0. The molecule has 0 radical (unpaired) electrons. The quantitative estimate of drug-likeness (QED) is 0.802. The number of ether oxygens (including phenoxy) is 1. The van der Waals surface area contributed by atoms with Gasteiger partial charge < -0.3 is 10.1 Å². The van der Waals surface area contributed by atoms with Gasteiger partial charge in [-0.3, -0.25) is 4.79 Å². The van der Waals surface area contributed by atoms with E-state index in [2.05, 4.69) is 5.32 Å². The first-order chi connectivity index (χ1) is 11.1. The highest BCUT2D eigenvalue weighted by molar-refractivity contribution is 7.87. The van der Waals surface area contributed by atoms with Crippen LogP contribution in [0.25, 0.3) is 0 Å². The smallest absolute Gasteiger partial charge is 0.307 e. The van der Waals surface area contributed by atoms with Gasteiger partial charge in [0.05, 0.1) is 5.69 Å². The van der Waals surface area contributed by atoms with Crippen molar-refractivity contribution >= 4 is 16.7 Å². The molecule has 2 heterocycles. The highest BCUT2D eigenvalue weighted by Crippen LogP contribution is 2.40. The molecule has 7 nitrogen and oxygen atoms in total. The topological polar surface area (TPSA) is 80.6 Å². The minimum Gasteiger partial charge on any atom is -0.455 e. The summed E-state index contributed by atoms with van der Waals surface area (Å²) in [6.45, 7) is 2.63. The lowest BCUT2D eigenvalue weighted by Gasteiger charge is -2.37. The zero-order valence-electron chi connectivity index (χ0n) is 13.1. The number of aromatic nitrogens is 1. The molecule has 1 saturated heterocycles. The van der Waals surface area contributed by atoms with Crippen LogP contribution in [0.3, 0.4) is 0 Å². The third kappa shape index (κ3) is 3.02. The normalized spacial score (nSPS) is 22.6. The number of hydrogen-bond donors (Lipinski definition) is 1. The lowest BCUT2D eigenvalue weighted by molar-refractivity contribution is -0.149. The average Bonchev–Trinajstić information content (AvgIpc) is 3.08. The van der Waals surface area contributed by atoms with Crippen molar-refractivity contribution in [2.45, 2.75) is 37.7 Å². The van der Waals surface area contributed by atoms with Gasteiger partial charge >= 0.3 is 10.2 Å². The molecular formula is C15H23N3O4S. The van der Waals surface area contributed by atoms with Crippen LogP contribution in [0.15, 0.2) is 18.3 Å². The second kappa shape index (κ2) is 6.62. The van der Waals surface area contributed by atoms with Gasteiger partial charge in [0.2, 0.25) is 0 Å². The van der Waals surface area contributed by atoms with Crippen molar-refractivity contribution in [3.8, 4) is 0 Å². The Balaban J connectivity index is 1.99. The summed E-state index contributed by atoms with van der Waals surface area (Å²) in [4.78, 5) is 11.0. The monoisotopic (exact) mass is 341 g/mol. The summed E-state index contributed by atoms with van der Waals surface area (Å²) in [6.07, 6.45) is 5.80. The number of carbonyl (C=O) groups is 1. The summed E-state index contributed by atoms with van der Waals surface area (Å²) in [6, 6.07) is 3.47. The molecule has 23 heavy (non-hydrogen) atoms. The Morgan fingerprint density at radius 3 is 2.52 bits per heavy atom. The Morgan fingerprint density at radius 1 is 1.17 bits per heavy atom. The van der Waals surface area contributed by atoms with E-state index in [0.717, 1.165) is 19.3 Å². The Hall–Kier alpha value is -1.38. The first-order valence-electron chi connectivity index (χ1n) is 8.11. The van der Waals surface area contributed by atoms with Gasteiger partial charge in [-0.2, -0.15) is 12.7 Å². The zero-order valence-corrected chi connectivity index (χ0v) is 13.9. The second-order valence-electron chi connectivity index (χ2n) is 6.12. The van der Waals surface area contributed by atoms with E-state index in [1.165, 1.54) is 8.28 Å². The van der Waals surface area contributed by atoms with Gasteiger partial charge in [-0.1, -0.05) is 6.42 Å². The van der Waals surface area contributed by atoms with Crippen LogP contribution in [0.2, 0.25) is 0 Å². The van der Waals surface area contributed by atoms with Crippen LogP contribution in [0.5, 0.6) is 0 Å². The summed E-state index contributed by atoms with van der Waals surface area (Å²) < 4.78 is 34.2. The predicted molar refractivity (Wildman–Crippen MR) is 85.1 cm³/mol. The molecule has 1 aromatic rings. The molecule has 1 aromatic heterocycles. The third-order valence-electron chi connectivity index (χ3n) is 4.77. The van der Waals surface area contributed by atoms with Crippen LogP contribution in [-0.2, 0) is 25.3 Å². The van der Waals surface area contributed by atoms with Gasteiger partial charge in [0.15, 0.2) is 5.60 Å². The van der Waals surface area contributed by atoms with E-state index < -0.39 is 15.8 Å². The maximum absolute atomic E-state index is 13.0. The third-order valence-corrected chi connectivity index (χ3v) is 6.60. The van der Waals surface area contributed by atoms with E-state index in [4.69, 9.17) is 4.74 Å². The van der Waals surface area contributed by atoms with E-state index in [-0.39, 0.29) is 0 Å². The number of carbonyl (C=O) groups excluding carboxylic acids is 1. The average molecular weight is 341 g/mol. The fourth-order valence-corrected chi connectivity index (χ4v) is 5.16. The molecule has 0 spiro atoms. The molecule has 1 N–H and O–H groups in total. The largest absolute Gasteiger partial charge is 0.455 e. The lowest BCUT2D eigenvalue weighted by Crippen LogP contribution is -2.49. The molecule has 0 bridgehead atoms. The fourth-order valence-electron chi connectivity index (χ4n) is 3.57. The van der Waals surface area contributed by atoms with Crippen LogP contribution in [0.1, 0.15) is 37.8 Å². The molecule has 3 rings (SSSR count). The number of nitrogens with zero attached hydrogens (tertiary/aromatic N) is 2. The lowest BCUT2D eigenvalue weighted by atomic mass is 9.82. The molecule has 2 aliphatic rings. The van der Waals surface area contributed by atoms with E-state index in [9.17, 15) is 13.2 Å². The Bertz CT molecular complexity index is 643. The molecular weight excluding hydrogens is 318 g/mol. The number of hydrogen-bond acceptors (Lipinski definition) is 5. The van der Waals surface area contributed by atoms with Gasteiger partial charge in [0.1, 0.15) is 0 Å². The first-order valence-corrected chi connectivity index (χ1v) is 9.50. The van der Waals surface area contributed by atoms with Crippen molar-refractivity contribution in [3.05, 3.63) is 24.0 Å². The molecule has 0 aromatic carbocycles. The van der Waals surface area contributed by atoms with Gasteiger partial charge in [-0.05, 0) is 37.8 Å². The van der Waals surface area contributed by atoms with Gasteiger partial charge in [-0.25, -0.2) is 3.97 Å². The molecule has 1 saturated carbocycles. The van der Waals surface area contributed by atoms with E-state index in [1.807, 2.05) is 0 Å². The molecule has 1 aliphatic heterocycles. The van der Waals surface area contributed by atoms with E-state index in [0.29, 0.717) is 51.2 Å². The molecule has 2 fully saturated rings. The summed E-state index contributed by atoms with van der Waals surface area (Å²) in [5, 5.41) is 3.15. The number of piperazine rings is 1. The minimum absolute atomic E-state index is 0.445. The second-order valence-corrected chi connectivity index (χ2v) is 7.92. The number of rotatable bonds is 5. The van der Waals surface area contributed by atoms with E-state index >= 15 is 0 Å². The van der Waals surface area contributed by atoms with Crippen LogP contribution >= 0.6 is 0 Å². The van der Waals surface area contributed by atoms with Crippen molar-refractivity contribution in [3.63, 3.8) is 0 Å². The van der Waals surface area contributed by atoms with Crippen LogP contribution < -0.4 is 5.32 Å². The van der Waals surface area contributed by atoms with Crippen LogP contribution in [-0.4, -0.2) is 49.3 Å². The first kappa shape index (κ1) is 16.5. The highest BCUT2D eigenvalue weighted by Gasteiger charge is 2.41. The molecule has 8 heteroatoms. The minimum atomic E-state index is -3.64. The SMILES string of the molecule is O=COC1(c2cccn2S(=O)(=O)N2CCNCC2)CCCCC1. The molecule has 0 atom stereocenters. The summed E-state index contributed by atoms with van der Waals surface area (Å²) >= 11 is 0. The van der Waals surface area contributed by atoms with Crippen molar-refractivity contribution in [2.75, 3.05) is 26.2 Å². The molecule has 1 aliphatic carbocycles. The Kier molecular flexibility index (Phi) is 4.74. The maximum Gasteiger partial charge on any atom is 0.307 e. The van der Waals surface area contributed by atoms with Crippen molar-refractivity contribution in [2.24, 2.45) is 0 Å². The van der Waals surface area contributed by atoms with Crippen molar-refractivity contribution in [1.29, 1.82) is 0 Å².